The van der Waals surface area contributed by atoms with Crippen LogP contribution in [-0.2, 0) is 4.79 Å². The fraction of sp³-hybridized carbons (Fsp3) is 0.500. The number of para-hydroxylation sites is 1. The van der Waals surface area contributed by atoms with Crippen molar-refractivity contribution in [3.8, 4) is 0 Å². The van der Waals surface area contributed by atoms with Crippen LogP contribution in [0.3, 0.4) is 0 Å². The largest absolute Gasteiger partial charge is 0.389 e. The zero-order valence-electron chi connectivity index (χ0n) is 11.3. The molecule has 3 N–H and O–H groups in total. The molecule has 0 aromatic heterocycles. The summed E-state index contributed by atoms with van der Waals surface area (Å²) in [5, 5.41) is 21.8. The number of rotatable bonds is 3. The molecule has 19 heavy (non-hydrogen) atoms. The maximum absolute atomic E-state index is 12.0. The maximum atomic E-state index is 12.0. The molecule has 0 aliphatic carbocycles. The minimum atomic E-state index is -0.756. The van der Waals surface area contributed by atoms with Gasteiger partial charge in [0.15, 0.2) is 0 Å². The lowest BCUT2D eigenvalue weighted by Crippen LogP contribution is -2.32. The number of β-amino-alcohol motifs (C(OH)–C–C–N with tert-alkyl or cyclic N) is 2. The van der Waals surface area contributed by atoms with E-state index in [4.69, 9.17) is 0 Å². The third-order valence-corrected chi connectivity index (χ3v) is 3.45. The topological polar surface area (TPSA) is 72.8 Å². The predicted molar refractivity (Wildman–Crippen MR) is 73.0 cm³/mol. The Balaban J connectivity index is 1.95. The Bertz CT molecular complexity index is 446. The highest BCUT2D eigenvalue weighted by Crippen LogP contribution is 2.19. The molecule has 2 atom stereocenters. The third kappa shape index (κ3) is 3.32. The molecule has 1 aromatic rings. The number of likely N-dealkylation sites (tertiary alicyclic amines) is 1. The number of carbonyl (C=O) groups excluding carboxylic acids is 1. The quantitative estimate of drug-likeness (QED) is 0.733. The van der Waals surface area contributed by atoms with Gasteiger partial charge in [-0.05, 0) is 25.0 Å². The van der Waals surface area contributed by atoms with Crippen LogP contribution >= 0.6 is 0 Å². The van der Waals surface area contributed by atoms with Crippen LogP contribution in [0.15, 0.2) is 18.2 Å². The Morgan fingerprint density at radius 3 is 2.32 bits per heavy atom. The highest BCUT2D eigenvalue weighted by atomic mass is 16.3. The molecule has 0 saturated carbocycles. The maximum Gasteiger partial charge on any atom is 0.238 e. The van der Waals surface area contributed by atoms with Gasteiger partial charge in [0, 0.05) is 18.8 Å². The van der Waals surface area contributed by atoms with Crippen molar-refractivity contribution in [3.63, 3.8) is 0 Å². The molecule has 1 saturated heterocycles. The van der Waals surface area contributed by atoms with Crippen molar-refractivity contribution in [2.45, 2.75) is 26.1 Å². The summed E-state index contributed by atoms with van der Waals surface area (Å²) >= 11 is 0. The van der Waals surface area contributed by atoms with E-state index in [-0.39, 0.29) is 12.5 Å². The monoisotopic (exact) mass is 264 g/mol. The van der Waals surface area contributed by atoms with Gasteiger partial charge in [-0.25, -0.2) is 0 Å². The predicted octanol–water partition coefficient (Wildman–Crippen LogP) is 0.279. The molecule has 0 spiro atoms. The molecule has 1 aliphatic rings. The third-order valence-electron chi connectivity index (χ3n) is 3.45. The number of hydrogen-bond acceptors (Lipinski definition) is 4. The Morgan fingerprint density at radius 1 is 1.26 bits per heavy atom. The number of hydrogen-bond donors (Lipinski definition) is 3. The van der Waals surface area contributed by atoms with Crippen LogP contribution in [0.5, 0.6) is 0 Å². The second-order valence-corrected chi connectivity index (χ2v) is 5.14. The first-order valence-electron chi connectivity index (χ1n) is 6.42. The molecule has 0 bridgehead atoms. The number of amides is 1. The molecule has 1 heterocycles. The number of anilines is 1. The highest BCUT2D eigenvalue weighted by Gasteiger charge is 2.30. The zero-order valence-corrected chi connectivity index (χ0v) is 11.3. The summed E-state index contributed by atoms with van der Waals surface area (Å²) in [5.74, 6) is -0.126. The van der Waals surface area contributed by atoms with Crippen molar-refractivity contribution in [1.82, 2.24) is 4.90 Å². The summed E-state index contributed by atoms with van der Waals surface area (Å²) in [4.78, 5) is 13.7. The minimum absolute atomic E-state index is 0.126. The van der Waals surface area contributed by atoms with Crippen molar-refractivity contribution in [2.75, 3.05) is 25.0 Å². The fourth-order valence-electron chi connectivity index (χ4n) is 2.37. The van der Waals surface area contributed by atoms with Crippen LogP contribution in [0.2, 0.25) is 0 Å². The number of aliphatic hydroxyl groups is 2. The van der Waals surface area contributed by atoms with Gasteiger partial charge in [-0.1, -0.05) is 18.2 Å². The van der Waals surface area contributed by atoms with Gasteiger partial charge >= 0.3 is 0 Å². The van der Waals surface area contributed by atoms with Crippen LogP contribution in [0.25, 0.3) is 0 Å². The van der Waals surface area contributed by atoms with Crippen LogP contribution in [0.4, 0.5) is 5.69 Å². The normalized spacial score (nSPS) is 23.6. The summed E-state index contributed by atoms with van der Waals surface area (Å²) in [6.45, 7) is 4.75. The van der Waals surface area contributed by atoms with Crippen molar-refractivity contribution >= 4 is 11.6 Å². The molecule has 1 aliphatic heterocycles. The van der Waals surface area contributed by atoms with Gasteiger partial charge in [-0.15, -0.1) is 0 Å². The first-order chi connectivity index (χ1) is 8.97. The molecule has 5 nitrogen and oxygen atoms in total. The molecule has 0 radical (unpaired) electrons. The first kappa shape index (κ1) is 14.0. The van der Waals surface area contributed by atoms with E-state index in [1.54, 1.807) is 4.90 Å². The smallest absolute Gasteiger partial charge is 0.238 e. The zero-order chi connectivity index (χ0) is 14.0. The SMILES string of the molecule is Cc1cccc(C)c1NC(=O)CN1CC(O)C(O)C1. The molecular weight excluding hydrogens is 244 g/mol. The van der Waals surface area contributed by atoms with Crippen LogP contribution in [0, 0.1) is 13.8 Å². The molecule has 104 valence electrons. The number of nitrogens with one attached hydrogen (secondary N) is 1. The lowest BCUT2D eigenvalue weighted by atomic mass is 10.1. The molecule has 1 aromatic carbocycles. The summed E-state index contributed by atoms with van der Waals surface area (Å²) in [7, 11) is 0. The Labute approximate surface area is 112 Å². The van der Waals surface area contributed by atoms with E-state index in [2.05, 4.69) is 5.32 Å². The van der Waals surface area contributed by atoms with Gasteiger partial charge < -0.3 is 15.5 Å². The highest BCUT2D eigenvalue weighted by molar-refractivity contribution is 5.93. The van der Waals surface area contributed by atoms with Crippen LogP contribution in [0.1, 0.15) is 11.1 Å². The van der Waals surface area contributed by atoms with Gasteiger partial charge in [0.2, 0.25) is 5.91 Å². The fourth-order valence-corrected chi connectivity index (χ4v) is 2.37. The molecule has 1 fully saturated rings. The second kappa shape index (κ2) is 5.69. The van der Waals surface area contributed by atoms with E-state index >= 15 is 0 Å². The van der Waals surface area contributed by atoms with Gasteiger partial charge in [0.1, 0.15) is 0 Å². The summed E-state index contributed by atoms with van der Waals surface area (Å²) in [6, 6.07) is 5.85. The van der Waals surface area contributed by atoms with Crippen molar-refractivity contribution < 1.29 is 15.0 Å². The average molecular weight is 264 g/mol. The van der Waals surface area contributed by atoms with Crippen molar-refractivity contribution in [3.05, 3.63) is 29.3 Å². The number of benzene rings is 1. The lowest BCUT2D eigenvalue weighted by Gasteiger charge is -2.16. The molecule has 5 heteroatoms. The Hall–Kier alpha value is -1.43. The lowest BCUT2D eigenvalue weighted by molar-refractivity contribution is -0.117. The van der Waals surface area contributed by atoms with Crippen LogP contribution in [-0.4, -0.2) is 52.9 Å². The molecule has 2 rings (SSSR count). The summed E-state index contributed by atoms with van der Waals surface area (Å²) in [6.07, 6.45) is -1.51. The van der Waals surface area contributed by atoms with E-state index < -0.39 is 12.2 Å². The van der Waals surface area contributed by atoms with Gasteiger partial charge in [-0.3, -0.25) is 9.69 Å². The van der Waals surface area contributed by atoms with E-state index in [1.807, 2.05) is 32.0 Å². The van der Waals surface area contributed by atoms with Crippen LogP contribution < -0.4 is 5.32 Å². The number of carbonyl (C=O) groups is 1. The molecular formula is C14H20N2O3. The number of aliphatic hydroxyl groups excluding tert-OH is 2. The standard InChI is InChI=1S/C14H20N2O3/c1-9-4-3-5-10(2)14(9)15-13(19)8-16-6-11(17)12(18)7-16/h3-5,11-12,17-18H,6-8H2,1-2H3,(H,15,19). The van der Waals surface area contributed by atoms with E-state index in [0.717, 1.165) is 16.8 Å². The van der Waals surface area contributed by atoms with Crippen molar-refractivity contribution in [1.29, 1.82) is 0 Å². The van der Waals surface area contributed by atoms with E-state index in [9.17, 15) is 15.0 Å². The van der Waals surface area contributed by atoms with Gasteiger partial charge in [0.05, 0.1) is 18.8 Å². The first-order valence-corrected chi connectivity index (χ1v) is 6.42. The molecule has 1 amide bonds. The average Bonchev–Trinajstić information content (AvgIpc) is 2.63. The Kier molecular flexibility index (Phi) is 4.19. The Morgan fingerprint density at radius 2 is 1.79 bits per heavy atom. The number of aryl methyl sites for hydroxylation is 2. The summed E-state index contributed by atoms with van der Waals surface area (Å²) < 4.78 is 0. The summed E-state index contributed by atoms with van der Waals surface area (Å²) in [5.41, 5.74) is 2.89. The molecule has 2 unspecified atom stereocenters. The van der Waals surface area contributed by atoms with Crippen molar-refractivity contribution in [2.24, 2.45) is 0 Å². The van der Waals surface area contributed by atoms with Gasteiger partial charge in [-0.2, -0.15) is 0 Å². The second-order valence-electron chi connectivity index (χ2n) is 5.14. The van der Waals surface area contributed by atoms with E-state index in [1.165, 1.54) is 0 Å². The minimum Gasteiger partial charge on any atom is -0.389 e. The number of nitrogens with zero attached hydrogens (tertiary/aromatic N) is 1. The van der Waals surface area contributed by atoms with Gasteiger partial charge in [0.25, 0.3) is 0 Å². The van der Waals surface area contributed by atoms with E-state index in [0.29, 0.717) is 13.1 Å².